The number of H-pyrrole nitrogens is 1. The number of aryl methyl sites for hydroxylation is 1. The summed E-state index contributed by atoms with van der Waals surface area (Å²) in [6, 6.07) is 6.70. The number of aromatic nitrogens is 2. The summed E-state index contributed by atoms with van der Waals surface area (Å²) < 4.78 is 5.39. The number of aromatic amines is 1. The minimum absolute atomic E-state index is 0.562. The van der Waals surface area contributed by atoms with Crippen LogP contribution < -0.4 is 10.1 Å². The van der Waals surface area contributed by atoms with Gasteiger partial charge in [0.1, 0.15) is 5.75 Å². The molecule has 2 heterocycles. The van der Waals surface area contributed by atoms with E-state index in [1.165, 1.54) is 36.6 Å². The Morgan fingerprint density at radius 1 is 1.32 bits per heavy atom. The van der Waals surface area contributed by atoms with Crippen LogP contribution in [0.5, 0.6) is 5.75 Å². The van der Waals surface area contributed by atoms with E-state index in [1.54, 1.807) is 18.4 Å². The number of hydrogen-bond acceptors (Lipinski definition) is 4. The Kier molecular flexibility index (Phi) is 4.42. The molecule has 2 atom stereocenters. The van der Waals surface area contributed by atoms with Crippen molar-refractivity contribution < 1.29 is 4.74 Å². The Morgan fingerprint density at radius 3 is 3.00 bits per heavy atom. The van der Waals surface area contributed by atoms with Crippen molar-refractivity contribution in [2.45, 2.75) is 45.6 Å². The van der Waals surface area contributed by atoms with Gasteiger partial charge in [-0.15, -0.1) is 11.3 Å². The largest absolute Gasteiger partial charge is 0.497 e. The molecule has 0 saturated heterocycles. The van der Waals surface area contributed by atoms with Crippen molar-refractivity contribution in [3.8, 4) is 17.0 Å². The van der Waals surface area contributed by atoms with Gasteiger partial charge in [-0.25, -0.2) is 4.98 Å². The lowest BCUT2D eigenvalue weighted by Gasteiger charge is -2.27. The van der Waals surface area contributed by atoms with Gasteiger partial charge in [-0.05, 0) is 43.9 Å². The molecule has 1 saturated carbocycles. The summed E-state index contributed by atoms with van der Waals surface area (Å²) in [5, 5.41) is 8.01. The molecule has 2 unspecified atom stereocenters. The average Bonchev–Trinajstić information content (AvgIpc) is 3.17. The fourth-order valence-electron chi connectivity index (χ4n) is 3.96. The smallest absolute Gasteiger partial charge is 0.183 e. The highest BCUT2D eigenvalue weighted by Gasteiger charge is 2.20. The molecule has 25 heavy (non-hydrogen) atoms. The second-order valence-corrected chi connectivity index (χ2v) is 8.05. The molecule has 0 bridgehead atoms. The van der Waals surface area contributed by atoms with Crippen molar-refractivity contribution in [1.82, 2.24) is 9.97 Å². The van der Waals surface area contributed by atoms with Gasteiger partial charge in [0.25, 0.3) is 0 Å². The van der Waals surface area contributed by atoms with E-state index in [0.29, 0.717) is 6.04 Å². The van der Waals surface area contributed by atoms with Gasteiger partial charge >= 0.3 is 0 Å². The van der Waals surface area contributed by atoms with E-state index < -0.39 is 0 Å². The second kappa shape index (κ2) is 6.71. The first-order chi connectivity index (χ1) is 12.1. The van der Waals surface area contributed by atoms with E-state index >= 15 is 0 Å². The van der Waals surface area contributed by atoms with Crippen molar-refractivity contribution in [3.63, 3.8) is 0 Å². The molecule has 1 aromatic carbocycles. The van der Waals surface area contributed by atoms with Gasteiger partial charge in [0.2, 0.25) is 0 Å². The topological polar surface area (TPSA) is 49.9 Å². The van der Waals surface area contributed by atoms with Crippen LogP contribution in [0.2, 0.25) is 0 Å². The Labute approximate surface area is 152 Å². The van der Waals surface area contributed by atoms with Crippen LogP contribution in [-0.2, 0) is 0 Å². The molecule has 2 aromatic heterocycles. The van der Waals surface area contributed by atoms with Gasteiger partial charge in [-0.1, -0.05) is 19.8 Å². The molecule has 0 spiro atoms. The molecular formula is C20H25N3OS. The summed E-state index contributed by atoms with van der Waals surface area (Å²) in [6.07, 6.45) is 5.18. The summed E-state index contributed by atoms with van der Waals surface area (Å²) in [5.41, 5.74) is 4.48. The third kappa shape index (κ3) is 3.25. The molecule has 4 rings (SSSR count). The minimum Gasteiger partial charge on any atom is -0.497 e. The van der Waals surface area contributed by atoms with Crippen LogP contribution in [0, 0.1) is 12.8 Å². The van der Waals surface area contributed by atoms with Crippen LogP contribution in [0.25, 0.3) is 22.2 Å². The Bertz CT molecular complexity index is 882. The highest BCUT2D eigenvalue weighted by Crippen LogP contribution is 2.36. The fourth-order valence-corrected chi connectivity index (χ4v) is 4.74. The Balaban J connectivity index is 1.63. The maximum absolute atomic E-state index is 5.39. The number of benzene rings is 1. The predicted octanol–water partition coefficient (Wildman–Crippen LogP) is 5.60. The number of rotatable bonds is 4. The fraction of sp³-hybridized carbons (Fsp3) is 0.450. The summed E-state index contributed by atoms with van der Waals surface area (Å²) in [6.45, 7) is 4.46. The zero-order valence-corrected chi connectivity index (χ0v) is 15.9. The quantitative estimate of drug-likeness (QED) is 0.640. The Morgan fingerprint density at radius 2 is 2.20 bits per heavy atom. The third-order valence-corrected chi connectivity index (χ3v) is 5.99. The molecular weight excluding hydrogens is 330 g/mol. The van der Waals surface area contributed by atoms with E-state index in [1.807, 2.05) is 6.07 Å². The first-order valence-corrected chi connectivity index (χ1v) is 9.90. The number of fused-ring (bicyclic) bond motifs is 1. The monoisotopic (exact) mass is 355 g/mol. The third-order valence-electron chi connectivity index (χ3n) is 5.22. The molecule has 1 fully saturated rings. The van der Waals surface area contributed by atoms with Gasteiger partial charge in [0, 0.05) is 33.6 Å². The van der Waals surface area contributed by atoms with Crippen molar-refractivity contribution >= 4 is 27.4 Å². The van der Waals surface area contributed by atoms with E-state index in [4.69, 9.17) is 9.72 Å². The maximum Gasteiger partial charge on any atom is 0.183 e. The van der Waals surface area contributed by atoms with E-state index in [2.05, 4.69) is 41.7 Å². The molecule has 0 amide bonds. The predicted molar refractivity (Wildman–Crippen MR) is 106 cm³/mol. The lowest BCUT2D eigenvalue weighted by molar-refractivity contribution is 0.358. The lowest BCUT2D eigenvalue weighted by atomic mass is 9.87. The van der Waals surface area contributed by atoms with Crippen LogP contribution in [0.15, 0.2) is 23.6 Å². The average molecular weight is 356 g/mol. The zero-order valence-electron chi connectivity index (χ0n) is 15.1. The first-order valence-electron chi connectivity index (χ1n) is 9.03. The summed E-state index contributed by atoms with van der Waals surface area (Å²) >= 11 is 1.70. The molecule has 5 heteroatoms. The minimum atomic E-state index is 0.562. The van der Waals surface area contributed by atoms with Crippen molar-refractivity contribution in [2.24, 2.45) is 5.92 Å². The molecule has 0 aliphatic heterocycles. The van der Waals surface area contributed by atoms with Crippen LogP contribution in [0.4, 0.5) is 5.13 Å². The molecule has 3 aromatic rings. The molecule has 132 valence electrons. The van der Waals surface area contributed by atoms with E-state index in [9.17, 15) is 0 Å². The van der Waals surface area contributed by atoms with Gasteiger partial charge in [-0.3, -0.25) is 0 Å². The molecule has 1 aliphatic rings. The van der Waals surface area contributed by atoms with Gasteiger partial charge in [0.05, 0.1) is 12.8 Å². The second-order valence-electron chi connectivity index (χ2n) is 7.19. The zero-order chi connectivity index (χ0) is 17.4. The number of thiazole rings is 1. The normalized spacial score (nSPS) is 20.8. The van der Waals surface area contributed by atoms with Gasteiger partial charge < -0.3 is 15.0 Å². The highest BCUT2D eigenvalue weighted by atomic mass is 32.1. The SMILES string of the molecule is COc1ccc2[nH]c(C)c(-c3csc(NC4CCCC(C)C4)n3)c2c1. The summed E-state index contributed by atoms with van der Waals surface area (Å²) in [7, 11) is 1.70. The summed E-state index contributed by atoms with van der Waals surface area (Å²) in [5.74, 6) is 1.69. The number of ether oxygens (including phenoxy) is 1. The number of nitrogens with zero attached hydrogens (tertiary/aromatic N) is 1. The van der Waals surface area contributed by atoms with Gasteiger partial charge in [0.15, 0.2) is 5.13 Å². The van der Waals surface area contributed by atoms with Crippen molar-refractivity contribution in [2.75, 3.05) is 12.4 Å². The molecule has 2 N–H and O–H groups in total. The van der Waals surface area contributed by atoms with E-state index in [-0.39, 0.29) is 0 Å². The molecule has 1 aliphatic carbocycles. The summed E-state index contributed by atoms with van der Waals surface area (Å²) in [4.78, 5) is 8.35. The molecule has 0 radical (unpaired) electrons. The highest BCUT2D eigenvalue weighted by molar-refractivity contribution is 7.14. The van der Waals surface area contributed by atoms with Crippen LogP contribution in [0.1, 0.15) is 38.3 Å². The number of anilines is 1. The number of methoxy groups -OCH3 is 1. The van der Waals surface area contributed by atoms with Crippen molar-refractivity contribution in [3.05, 3.63) is 29.3 Å². The van der Waals surface area contributed by atoms with Crippen LogP contribution >= 0.6 is 11.3 Å². The van der Waals surface area contributed by atoms with E-state index in [0.717, 1.165) is 33.7 Å². The number of nitrogens with one attached hydrogen (secondary N) is 2. The Hall–Kier alpha value is -2.01. The van der Waals surface area contributed by atoms with Crippen molar-refractivity contribution in [1.29, 1.82) is 0 Å². The number of hydrogen-bond donors (Lipinski definition) is 2. The van der Waals surface area contributed by atoms with Crippen LogP contribution in [0.3, 0.4) is 0 Å². The van der Waals surface area contributed by atoms with Gasteiger partial charge in [-0.2, -0.15) is 0 Å². The standard InChI is InChI=1S/C20H25N3OS/c1-12-5-4-6-14(9-12)22-20-23-18(11-25-20)19-13(2)21-17-8-7-15(24-3)10-16(17)19/h7-8,10-12,14,21H,4-6,9H2,1-3H3,(H,22,23). The lowest BCUT2D eigenvalue weighted by Crippen LogP contribution is -2.26. The first kappa shape index (κ1) is 16.5. The molecule has 4 nitrogen and oxygen atoms in total. The maximum atomic E-state index is 5.39. The van der Waals surface area contributed by atoms with Crippen LogP contribution in [-0.4, -0.2) is 23.1 Å².